The lowest BCUT2D eigenvalue weighted by Gasteiger charge is -2.35. The van der Waals surface area contributed by atoms with Gasteiger partial charge in [-0.15, -0.1) is 0 Å². The molecule has 1 aliphatic heterocycles. The van der Waals surface area contributed by atoms with Gasteiger partial charge in [-0.3, -0.25) is 0 Å². The lowest BCUT2D eigenvalue weighted by molar-refractivity contribution is 0.158. The van der Waals surface area contributed by atoms with Crippen LogP contribution in [0, 0.1) is 7.14 Å². The zero-order chi connectivity index (χ0) is 22.0. The van der Waals surface area contributed by atoms with E-state index in [-0.39, 0.29) is 6.03 Å². The van der Waals surface area contributed by atoms with E-state index in [4.69, 9.17) is 0 Å². The number of anilines is 2. The summed E-state index contributed by atoms with van der Waals surface area (Å²) in [7, 11) is 0. The minimum atomic E-state index is -0.225. The normalized spacial score (nSPS) is 16.4. The van der Waals surface area contributed by atoms with Crippen molar-refractivity contribution in [2.24, 2.45) is 0 Å². The lowest BCUT2D eigenvalue weighted by atomic mass is 9.88. The van der Waals surface area contributed by atoms with Crippen molar-refractivity contribution >= 4 is 73.5 Å². The van der Waals surface area contributed by atoms with Crippen molar-refractivity contribution in [2.45, 2.75) is 45.1 Å². The Labute approximate surface area is 211 Å². The Morgan fingerprint density at radius 2 is 1.94 bits per heavy atom. The molecule has 0 saturated carbocycles. The van der Waals surface area contributed by atoms with Crippen LogP contribution in [-0.2, 0) is 0 Å². The molecular formula is C24H28I2N4O. The number of piperidine rings is 1. The van der Waals surface area contributed by atoms with Crippen LogP contribution in [0.25, 0.3) is 10.9 Å². The van der Waals surface area contributed by atoms with Crippen molar-refractivity contribution < 1.29 is 4.79 Å². The molecule has 1 fully saturated rings. The number of rotatable bonds is 5. The van der Waals surface area contributed by atoms with Crippen LogP contribution in [0.3, 0.4) is 0 Å². The number of aromatic amines is 1. The Hall–Kier alpha value is -1.33. The minimum Gasteiger partial charge on any atom is -0.361 e. The molecule has 0 radical (unpaired) electrons. The molecule has 0 aliphatic carbocycles. The van der Waals surface area contributed by atoms with Gasteiger partial charge in [0, 0.05) is 36.0 Å². The number of nitrogens with one attached hydrogen (secondary N) is 3. The molecule has 1 atom stereocenters. The van der Waals surface area contributed by atoms with E-state index in [0.29, 0.717) is 12.0 Å². The molecule has 0 spiro atoms. The van der Waals surface area contributed by atoms with E-state index in [1.807, 2.05) is 24.3 Å². The van der Waals surface area contributed by atoms with Crippen LogP contribution < -0.4 is 10.6 Å². The maximum atomic E-state index is 12.6. The van der Waals surface area contributed by atoms with Crippen molar-refractivity contribution in [3.8, 4) is 0 Å². The zero-order valence-electron chi connectivity index (χ0n) is 17.8. The average molecular weight is 642 g/mol. The molecule has 2 heterocycles. The van der Waals surface area contributed by atoms with E-state index in [1.54, 1.807) is 0 Å². The largest absolute Gasteiger partial charge is 0.361 e. The molecule has 4 rings (SSSR count). The van der Waals surface area contributed by atoms with E-state index < -0.39 is 0 Å². The molecule has 164 valence electrons. The molecule has 1 aliphatic rings. The number of fused-ring (bicyclic) bond motifs is 1. The first-order valence-electron chi connectivity index (χ1n) is 10.8. The van der Waals surface area contributed by atoms with Crippen LogP contribution in [0.1, 0.15) is 44.6 Å². The summed E-state index contributed by atoms with van der Waals surface area (Å²) in [5.41, 5.74) is 4.12. The van der Waals surface area contributed by atoms with Gasteiger partial charge in [-0.2, -0.15) is 0 Å². The highest BCUT2D eigenvalue weighted by molar-refractivity contribution is 14.1. The summed E-state index contributed by atoms with van der Waals surface area (Å²) in [5.74, 6) is 0.562. The van der Waals surface area contributed by atoms with Gasteiger partial charge >= 0.3 is 6.03 Å². The van der Waals surface area contributed by atoms with E-state index >= 15 is 0 Å². The number of likely N-dealkylation sites (tertiary alicyclic amines) is 1. The van der Waals surface area contributed by atoms with Gasteiger partial charge in [0.15, 0.2) is 0 Å². The van der Waals surface area contributed by atoms with Gasteiger partial charge in [-0.1, -0.05) is 6.92 Å². The molecule has 2 amide bonds. The second kappa shape index (κ2) is 10.1. The number of hydrogen-bond donors (Lipinski definition) is 3. The van der Waals surface area contributed by atoms with E-state index in [1.165, 1.54) is 30.2 Å². The highest BCUT2D eigenvalue weighted by Crippen LogP contribution is 2.35. The molecule has 2 aromatic carbocycles. The molecule has 3 N–H and O–H groups in total. The van der Waals surface area contributed by atoms with Crippen LogP contribution in [0.2, 0.25) is 0 Å². The molecular weight excluding hydrogens is 614 g/mol. The summed E-state index contributed by atoms with van der Waals surface area (Å²) in [6, 6.07) is 12.5. The number of carbonyl (C=O) groups excluding carboxylic acids is 1. The summed E-state index contributed by atoms with van der Waals surface area (Å²) in [6.07, 6.45) is 5.73. The SMILES string of the molecule is CCC(C)N1CCC(c2c[nH]c3ccc(NC(=O)Nc4ccc(I)cc4I)cc23)CC1. The summed E-state index contributed by atoms with van der Waals surface area (Å²) in [6.45, 7) is 6.90. The Morgan fingerprint density at radius 3 is 2.65 bits per heavy atom. The van der Waals surface area contributed by atoms with Gasteiger partial charge in [0.25, 0.3) is 0 Å². The first kappa shape index (κ1) is 22.8. The highest BCUT2D eigenvalue weighted by atomic mass is 127. The maximum Gasteiger partial charge on any atom is 0.323 e. The molecule has 1 unspecified atom stereocenters. The molecule has 7 heteroatoms. The van der Waals surface area contributed by atoms with Crippen molar-refractivity contribution in [1.29, 1.82) is 0 Å². The Bertz CT molecular complexity index is 1070. The van der Waals surface area contributed by atoms with E-state index in [2.05, 4.69) is 97.9 Å². The molecule has 0 bridgehead atoms. The monoisotopic (exact) mass is 642 g/mol. The Kier molecular flexibility index (Phi) is 7.43. The van der Waals surface area contributed by atoms with Crippen LogP contribution >= 0.6 is 45.2 Å². The Balaban J connectivity index is 1.46. The van der Waals surface area contributed by atoms with Crippen LogP contribution in [0.5, 0.6) is 0 Å². The van der Waals surface area contributed by atoms with Crippen molar-refractivity contribution in [1.82, 2.24) is 9.88 Å². The molecule has 3 aromatic rings. The van der Waals surface area contributed by atoms with Gasteiger partial charge in [0.1, 0.15) is 0 Å². The number of halogens is 2. The second-order valence-corrected chi connectivity index (χ2v) is 10.7. The lowest BCUT2D eigenvalue weighted by Crippen LogP contribution is -2.39. The van der Waals surface area contributed by atoms with Gasteiger partial charge in [-0.05, 0) is 132 Å². The fourth-order valence-electron chi connectivity index (χ4n) is 4.34. The third-order valence-electron chi connectivity index (χ3n) is 6.33. The predicted molar refractivity (Wildman–Crippen MR) is 146 cm³/mol. The number of urea groups is 1. The van der Waals surface area contributed by atoms with Crippen molar-refractivity contribution in [2.75, 3.05) is 23.7 Å². The summed E-state index contributed by atoms with van der Waals surface area (Å²) >= 11 is 4.51. The third-order valence-corrected chi connectivity index (χ3v) is 7.90. The summed E-state index contributed by atoms with van der Waals surface area (Å²) < 4.78 is 2.17. The number of carbonyl (C=O) groups is 1. The summed E-state index contributed by atoms with van der Waals surface area (Å²) in [4.78, 5) is 18.6. The number of nitrogens with zero attached hydrogens (tertiary/aromatic N) is 1. The maximum absolute atomic E-state index is 12.6. The number of aromatic nitrogens is 1. The minimum absolute atomic E-state index is 0.225. The smallest absolute Gasteiger partial charge is 0.323 e. The van der Waals surface area contributed by atoms with Crippen LogP contribution in [0.15, 0.2) is 42.6 Å². The standard InChI is InChI=1S/C24H28I2N4O/c1-3-15(2)30-10-8-16(9-11-30)20-14-27-22-7-5-18(13-19(20)22)28-24(31)29-23-6-4-17(25)12-21(23)26/h4-7,12-16,27H,3,8-11H2,1-2H3,(H2,28,29,31). The number of H-pyrrole nitrogens is 1. The van der Waals surface area contributed by atoms with Crippen molar-refractivity contribution in [3.05, 3.63) is 55.3 Å². The topological polar surface area (TPSA) is 60.2 Å². The van der Waals surface area contributed by atoms with Gasteiger partial charge in [0.2, 0.25) is 0 Å². The highest BCUT2D eigenvalue weighted by Gasteiger charge is 2.24. The first-order chi connectivity index (χ1) is 14.9. The average Bonchev–Trinajstić information content (AvgIpc) is 3.18. The van der Waals surface area contributed by atoms with E-state index in [9.17, 15) is 4.79 Å². The van der Waals surface area contributed by atoms with Gasteiger partial charge < -0.3 is 20.5 Å². The second-order valence-electron chi connectivity index (χ2n) is 8.28. The number of amides is 2. The number of benzene rings is 2. The molecule has 1 aromatic heterocycles. The van der Waals surface area contributed by atoms with E-state index in [0.717, 1.165) is 37.1 Å². The van der Waals surface area contributed by atoms with Gasteiger partial charge in [-0.25, -0.2) is 4.79 Å². The predicted octanol–water partition coefficient (Wildman–Crippen LogP) is 7.00. The number of hydrogen-bond acceptors (Lipinski definition) is 2. The van der Waals surface area contributed by atoms with Crippen LogP contribution in [0.4, 0.5) is 16.2 Å². The van der Waals surface area contributed by atoms with Crippen molar-refractivity contribution in [3.63, 3.8) is 0 Å². The zero-order valence-corrected chi connectivity index (χ0v) is 22.2. The molecule has 31 heavy (non-hydrogen) atoms. The fraction of sp³-hybridized carbons (Fsp3) is 0.375. The molecule has 1 saturated heterocycles. The fourth-order valence-corrected chi connectivity index (χ4v) is 6.08. The third kappa shape index (κ3) is 5.36. The quantitative estimate of drug-likeness (QED) is 0.263. The first-order valence-corrected chi connectivity index (χ1v) is 13.0. The van der Waals surface area contributed by atoms with Crippen LogP contribution in [-0.4, -0.2) is 35.0 Å². The Morgan fingerprint density at radius 1 is 1.16 bits per heavy atom. The summed E-state index contributed by atoms with van der Waals surface area (Å²) in [5, 5.41) is 7.16. The van der Waals surface area contributed by atoms with Gasteiger partial charge in [0.05, 0.1) is 5.69 Å². The molecule has 5 nitrogen and oxygen atoms in total.